The maximum absolute atomic E-state index is 13.2. The summed E-state index contributed by atoms with van der Waals surface area (Å²) in [5, 5.41) is 3.43. The number of nitrogens with zero attached hydrogens (tertiary/aromatic N) is 3. The number of likely N-dealkylation sites (tertiary alicyclic amines) is 1. The maximum Gasteiger partial charge on any atom is 0.411 e. The summed E-state index contributed by atoms with van der Waals surface area (Å²) in [6, 6.07) is 9.81. The van der Waals surface area contributed by atoms with Crippen LogP contribution in [-0.4, -0.2) is 88.1 Å². The molecule has 1 saturated heterocycles. The van der Waals surface area contributed by atoms with Crippen molar-refractivity contribution in [2.75, 3.05) is 13.7 Å². The lowest BCUT2D eigenvalue weighted by Gasteiger charge is -2.32. The van der Waals surface area contributed by atoms with Crippen molar-refractivity contribution in [3.05, 3.63) is 66.0 Å². The molecular weight excluding hydrogens is 757 g/mol. The highest BCUT2D eigenvalue weighted by molar-refractivity contribution is 5.90. The first kappa shape index (κ1) is 44.7. The molecule has 1 unspecified atom stereocenters. The Morgan fingerprint density at radius 3 is 2.32 bits per heavy atom. The zero-order valence-corrected chi connectivity index (χ0v) is 36.0. The number of unbranched alkanes of at least 4 members (excludes halogenated alkanes) is 1. The summed E-state index contributed by atoms with van der Waals surface area (Å²) in [7, 11) is 1.28. The summed E-state index contributed by atoms with van der Waals surface area (Å²) in [4.78, 5) is 62.4. The van der Waals surface area contributed by atoms with Crippen molar-refractivity contribution in [1.29, 1.82) is 0 Å². The van der Waals surface area contributed by atoms with Gasteiger partial charge in [-0.3, -0.25) is 9.88 Å². The van der Waals surface area contributed by atoms with Crippen molar-refractivity contribution in [3.8, 4) is 11.6 Å². The number of rotatable bonds is 14. The fourth-order valence-electron chi connectivity index (χ4n) is 6.76. The van der Waals surface area contributed by atoms with E-state index in [9.17, 15) is 19.2 Å². The largest absolute Gasteiger partial charge is 0.487 e. The van der Waals surface area contributed by atoms with Crippen LogP contribution in [0.1, 0.15) is 106 Å². The number of benzene rings is 1. The van der Waals surface area contributed by atoms with Crippen LogP contribution in [0.25, 0.3) is 17.0 Å². The number of esters is 2. The Balaban J connectivity index is 1.30. The molecule has 0 spiro atoms. The fraction of sp³-hybridized carbons (Fsp3) is 0.556. The van der Waals surface area contributed by atoms with Crippen LogP contribution in [0, 0.1) is 11.3 Å². The van der Waals surface area contributed by atoms with Crippen molar-refractivity contribution >= 4 is 41.1 Å². The highest BCUT2D eigenvalue weighted by atomic mass is 16.6. The summed E-state index contributed by atoms with van der Waals surface area (Å²) >= 11 is 0. The highest BCUT2D eigenvalue weighted by Crippen LogP contribution is 2.40. The predicted octanol–water partition coefficient (Wildman–Crippen LogP) is 8.19. The van der Waals surface area contributed by atoms with E-state index < -0.39 is 58.9 Å². The molecule has 2 amide bonds. The third kappa shape index (κ3) is 12.8. The van der Waals surface area contributed by atoms with E-state index in [0.29, 0.717) is 28.6 Å². The van der Waals surface area contributed by atoms with Crippen LogP contribution < -0.4 is 14.8 Å². The molecule has 3 aromatic rings. The Kier molecular flexibility index (Phi) is 14.1. The number of ether oxygens (including phenoxy) is 6. The first-order chi connectivity index (χ1) is 27.7. The molecule has 2 aliphatic rings. The minimum absolute atomic E-state index is 0.0780. The molecule has 0 radical (unpaired) electrons. The predicted molar refractivity (Wildman–Crippen MR) is 222 cm³/mol. The number of aromatic nitrogens is 2. The van der Waals surface area contributed by atoms with Crippen LogP contribution in [-0.2, 0) is 35.1 Å². The Hall–Kier alpha value is -5.40. The second-order valence-corrected chi connectivity index (χ2v) is 18.2. The highest BCUT2D eigenvalue weighted by Gasteiger charge is 2.44. The van der Waals surface area contributed by atoms with E-state index in [1.165, 1.54) is 12.0 Å². The SMILES string of the molecule is COC(=O)[C@@H]1C[C@@H](Oc2nc3ccncc3c(OCc3ccccc3)c2C=CCCC[C@@H]2C[C@H]2OC(=O)NC(C(=O)OC(C)(C)C)C(C)(C)C)CN1C(=O)OC(C)(C)C. The number of allylic oxidation sites excluding steroid dienone is 1. The molecule has 14 nitrogen and oxygen atoms in total. The number of carbonyl (C=O) groups excluding carboxylic acids is 4. The van der Waals surface area contributed by atoms with Crippen LogP contribution in [0.3, 0.4) is 0 Å². The van der Waals surface area contributed by atoms with E-state index in [2.05, 4.69) is 10.3 Å². The fourth-order valence-corrected chi connectivity index (χ4v) is 6.76. The van der Waals surface area contributed by atoms with E-state index >= 15 is 0 Å². The Labute approximate surface area is 347 Å². The summed E-state index contributed by atoms with van der Waals surface area (Å²) in [5.41, 5.74) is 0.131. The Bertz CT molecular complexity index is 1980. The van der Waals surface area contributed by atoms with Gasteiger partial charge in [0.25, 0.3) is 0 Å². The van der Waals surface area contributed by atoms with Gasteiger partial charge in [-0.25, -0.2) is 24.2 Å². The molecule has 3 heterocycles. The quantitative estimate of drug-likeness (QED) is 0.0944. The molecule has 2 aromatic heterocycles. The molecule has 1 N–H and O–H groups in total. The number of pyridine rings is 2. The van der Waals surface area contributed by atoms with Gasteiger partial charge in [0.15, 0.2) is 0 Å². The molecule has 1 aromatic carbocycles. The number of alkyl carbamates (subject to hydrolysis) is 1. The molecule has 5 rings (SSSR count). The second kappa shape index (κ2) is 18.7. The Morgan fingerprint density at radius 1 is 0.949 bits per heavy atom. The van der Waals surface area contributed by atoms with Crippen molar-refractivity contribution in [1.82, 2.24) is 20.2 Å². The van der Waals surface area contributed by atoms with Gasteiger partial charge in [0, 0.05) is 18.8 Å². The van der Waals surface area contributed by atoms with Gasteiger partial charge in [-0.15, -0.1) is 0 Å². The number of carbonyl (C=O) groups is 4. The molecule has 14 heteroatoms. The summed E-state index contributed by atoms with van der Waals surface area (Å²) < 4.78 is 35.0. The van der Waals surface area contributed by atoms with Crippen LogP contribution >= 0.6 is 0 Å². The third-order valence-corrected chi connectivity index (χ3v) is 9.73. The van der Waals surface area contributed by atoms with Gasteiger partial charge in [-0.05, 0) is 96.3 Å². The van der Waals surface area contributed by atoms with E-state index in [0.717, 1.165) is 24.8 Å². The Morgan fingerprint density at radius 2 is 1.66 bits per heavy atom. The monoisotopic (exact) mass is 816 g/mol. The van der Waals surface area contributed by atoms with Crippen LogP contribution in [0.5, 0.6) is 11.6 Å². The van der Waals surface area contributed by atoms with Gasteiger partial charge in [0.05, 0.1) is 30.1 Å². The van der Waals surface area contributed by atoms with E-state index in [1.54, 1.807) is 60.0 Å². The van der Waals surface area contributed by atoms with Crippen molar-refractivity contribution in [2.45, 2.75) is 137 Å². The lowest BCUT2D eigenvalue weighted by molar-refractivity contribution is -0.160. The normalized spacial score (nSPS) is 19.9. The second-order valence-electron chi connectivity index (χ2n) is 18.2. The number of hydrogen-bond donors (Lipinski definition) is 1. The minimum atomic E-state index is -0.900. The smallest absolute Gasteiger partial charge is 0.411 e. The van der Waals surface area contributed by atoms with Gasteiger partial charge in [0.1, 0.15) is 47.9 Å². The molecule has 59 heavy (non-hydrogen) atoms. The number of amides is 2. The van der Waals surface area contributed by atoms with Crippen LogP contribution in [0.2, 0.25) is 0 Å². The molecule has 5 atom stereocenters. The van der Waals surface area contributed by atoms with Gasteiger partial charge < -0.3 is 33.7 Å². The average molecular weight is 817 g/mol. The van der Waals surface area contributed by atoms with Crippen molar-refractivity contribution in [2.24, 2.45) is 11.3 Å². The maximum atomic E-state index is 13.2. The van der Waals surface area contributed by atoms with Gasteiger partial charge >= 0.3 is 24.1 Å². The lowest BCUT2D eigenvalue weighted by atomic mass is 9.86. The van der Waals surface area contributed by atoms with E-state index in [4.69, 9.17) is 33.4 Å². The van der Waals surface area contributed by atoms with E-state index in [-0.39, 0.29) is 37.5 Å². The first-order valence-corrected chi connectivity index (χ1v) is 20.3. The molecule has 2 fully saturated rings. The molecule has 320 valence electrons. The minimum Gasteiger partial charge on any atom is -0.487 e. The van der Waals surface area contributed by atoms with Gasteiger partial charge in [-0.2, -0.15) is 0 Å². The zero-order chi connectivity index (χ0) is 43.1. The molecule has 1 aliphatic carbocycles. The van der Waals surface area contributed by atoms with Gasteiger partial charge in [-0.1, -0.05) is 57.2 Å². The molecular formula is C45H60N4O10. The van der Waals surface area contributed by atoms with Crippen LogP contribution in [0.15, 0.2) is 54.9 Å². The topological polar surface area (TPSA) is 165 Å². The number of nitrogens with one attached hydrogen (secondary N) is 1. The lowest BCUT2D eigenvalue weighted by Crippen LogP contribution is -2.51. The summed E-state index contributed by atoms with van der Waals surface area (Å²) in [5.74, 6) is -0.0441. The molecule has 1 aliphatic heterocycles. The number of fused-ring (bicyclic) bond motifs is 1. The molecule has 1 saturated carbocycles. The van der Waals surface area contributed by atoms with Gasteiger partial charge in [0.2, 0.25) is 5.88 Å². The van der Waals surface area contributed by atoms with E-state index in [1.807, 2.05) is 63.3 Å². The first-order valence-electron chi connectivity index (χ1n) is 20.3. The summed E-state index contributed by atoms with van der Waals surface area (Å²) in [6.45, 7) is 16.6. The molecule has 0 bridgehead atoms. The van der Waals surface area contributed by atoms with Crippen molar-refractivity contribution < 1.29 is 47.6 Å². The third-order valence-electron chi connectivity index (χ3n) is 9.73. The number of hydrogen-bond acceptors (Lipinski definition) is 12. The van der Waals surface area contributed by atoms with Crippen molar-refractivity contribution in [3.63, 3.8) is 0 Å². The standard InChI is InChI=1S/C45H60N4O10/c1-43(2,3)37(40(51)58-44(4,5)6)48-41(52)57-35-23-29(35)19-15-12-16-20-31-36(55-27-28-17-13-11-14-18-28)32-25-46-22-21-33(32)47-38(31)56-30-24-34(39(50)54-10)49(26-30)42(53)59-45(7,8)9/h11,13-14,16-18,20-22,25,29-30,34-35,37H,12,15,19,23-24,26-27H2,1-10H3,(H,48,52)/t29-,30-,34+,35-,37?/m1/s1. The average Bonchev–Trinajstić information content (AvgIpc) is 3.73. The zero-order valence-electron chi connectivity index (χ0n) is 36.0. The summed E-state index contributed by atoms with van der Waals surface area (Å²) in [6.07, 6.45) is 8.45. The van der Waals surface area contributed by atoms with Crippen LogP contribution in [0.4, 0.5) is 9.59 Å². The number of methoxy groups -OCH3 is 1.